The molecule has 0 unspecified atom stereocenters. The molecule has 1 aromatic rings. The average Bonchev–Trinajstić information content (AvgIpc) is 2.36. The van der Waals surface area contributed by atoms with Crippen molar-refractivity contribution in [2.75, 3.05) is 11.0 Å². The van der Waals surface area contributed by atoms with Crippen molar-refractivity contribution in [3.63, 3.8) is 0 Å². The molecule has 0 atom stereocenters. The summed E-state index contributed by atoms with van der Waals surface area (Å²) in [7, 11) is 0. The lowest BCUT2D eigenvalue weighted by atomic mass is 10.1. The fourth-order valence-corrected chi connectivity index (χ4v) is 2.12. The molecule has 0 heterocycles. The predicted molar refractivity (Wildman–Crippen MR) is 79.5 cm³/mol. The highest BCUT2D eigenvalue weighted by atomic mass is 127. The highest BCUT2D eigenvalue weighted by Gasteiger charge is 2.10. The normalized spacial score (nSPS) is 10.3. The summed E-state index contributed by atoms with van der Waals surface area (Å²) in [5, 5.41) is 21.5. The number of phenolic OH excluding ortho intramolecular Hbond substituents is 2. The molecule has 0 radical (unpaired) electrons. The monoisotopic (exact) mass is 363 g/mol. The van der Waals surface area contributed by atoms with Crippen LogP contribution in [-0.4, -0.2) is 27.1 Å². The van der Waals surface area contributed by atoms with Crippen LogP contribution in [0.25, 0.3) is 0 Å². The Morgan fingerprint density at radius 1 is 1.17 bits per heavy atom. The van der Waals surface area contributed by atoms with E-state index in [1.54, 1.807) is 0 Å². The van der Waals surface area contributed by atoms with E-state index in [1.807, 2.05) is 0 Å². The molecule has 5 heteroatoms. The van der Waals surface area contributed by atoms with Crippen molar-refractivity contribution in [3.8, 4) is 11.5 Å². The molecule has 0 saturated heterocycles. The smallest absolute Gasteiger partial charge is 0.255 e. The molecule has 3 N–H and O–H groups in total. The number of carbonyl (C=O) groups excluding carboxylic acids is 1. The second-order valence-corrected chi connectivity index (χ2v) is 5.14. The first-order chi connectivity index (χ1) is 8.65. The van der Waals surface area contributed by atoms with Gasteiger partial charge in [-0.2, -0.15) is 0 Å². The summed E-state index contributed by atoms with van der Waals surface area (Å²) < 4.78 is 1.17. The van der Waals surface area contributed by atoms with E-state index in [0.717, 1.165) is 12.8 Å². The maximum atomic E-state index is 11.7. The zero-order valence-electron chi connectivity index (χ0n) is 10.2. The minimum absolute atomic E-state index is 0.0278. The Kier molecular flexibility index (Phi) is 6.85. The number of hydrogen-bond acceptors (Lipinski definition) is 3. The van der Waals surface area contributed by atoms with Crippen molar-refractivity contribution < 1.29 is 15.0 Å². The van der Waals surface area contributed by atoms with E-state index < -0.39 is 0 Å². The number of alkyl halides is 1. The third kappa shape index (κ3) is 5.12. The zero-order chi connectivity index (χ0) is 13.4. The van der Waals surface area contributed by atoms with Gasteiger partial charge in [0.25, 0.3) is 5.91 Å². The van der Waals surface area contributed by atoms with Crippen LogP contribution in [0.3, 0.4) is 0 Å². The second-order valence-electron chi connectivity index (χ2n) is 4.06. The summed E-state index contributed by atoms with van der Waals surface area (Å²) in [6, 6.07) is 3.92. The molecule has 0 aliphatic carbocycles. The number of benzene rings is 1. The summed E-state index contributed by atoms with van der Waals surface area (Å²) in [4.78, 5) is 11.7. The Morgan fingerprint density at radius 2 is 1.89 bits per heavy atom. The van der Waals surface area contributed by atoms with Gasteiger partial charge in [0.15, 0.2) is 0 Å². The van der Waals surface area contributed by atoms with Gasteiger partial charge in [-0.15, -0.1) is 0 Å². The first kappa shape index (κ1) is 15.1. The summed E-state index contributed by atoms with van der Waals surface area (Å²) in [6.07, 6.45) is 4.41. The van der Waals surface area contributed by atoms with Crippen LogP contribution in [0.4, 0.5) is 0 Å². The standard InChI is InChI=1S/C13H18INO3/c14-7-3-1-2-4-8-15-13(18)11-9-10(16)5-6-12(11)17/h5-6,9,16-17H,1-4,7-8H2,(H,15,18). The Hall–Kier alpha value is -0.980. The molecule has 0 saturated carbocycles. The van der Waals surface area contributed by atoms with Crippen LogP contribution < -0.4 is 5.32 Å². The number of carbonyl (C=O) groups is 1. The maximum Gasteiger partial charge on any atom is 0.255 e. The van der Waals surface area contributed by atoms with E-state index in [1.165, 1.54) is 35.5 Å². The molecule has 100 valence electrons. The van der Waals surface area contributed by atoms with Gasteiger partial charge in [-0.05, 0) is 35.5 Å². The van der Waals surface area contributed by atoms with E-state index >= 15 is 0 Å². The number of aromatic hydroxyl groups is 2. The largest absolute Gasteiger partial charge is 0.508 e. The zero-order valence-corrected chi connectivity index (χ0v) is 12.3. The number of rotatable bonds is 7. The van der Waals surface area contributed by atoms with Gasteiger partial charge in [0.2, 0.25) is 0 Å². The van der Waals surface area contributed by atoms with Crippen molar-refractivity contribution in [3.05, 3.63) is 23.8 Å². The third-order valence-corrected chi connectivity index (χ3v) is 3.33. The summed E-state index contributed by atoms with van der Waals surface area (Å²) in [5.74, 6) is -0.493. The molecular weight excluding hydrogens is 345 g/mol. The topological polar surface area (TPSA) is 69.6 Å². The fourth-order valence-electron chi connectivity index (χ4n) is 1.58. The highest BCUT2D eigenvalue weighted by Crippen LogP contribution is 2.21. The van der Waals surface area contributed by atoms with Crippen LogP contribution in [0.5, 0.6) is 11.5 Å². The molecule has 0 bridgehead atoms. The van der Waals surface area contributed by atoms with Gasteiger partial charge in [0, 0.05) is 6.54 Å². The Bertz CT molecular complexity index is 396. The Morgan fingerprint density at radius 3 is 2.61 bits per heavy atom. The van der Waals surface area contributed by atoms with E-state index in [-0.39, 0.29) is 23.0 Å². The highest BCUT2D eigenvalue weighted by molar-refractivity contribution is 14.1. The van der Waals surface area contributed by atoms with Crippen molar-refractivity contribution in [1.82, 2.24) is 5.32 Å². The van der Waals surface area contributed by atoms with Crippen molar-refractivity contribution >= 4 is 28.5 Å². The third-order valence-electron chi connectivity index (χ3n) is 2.57. The predicted octanol–water partition coefficient (Wildman–Crippen LogP) is 2.82. The second kappa shape index (κ2) is 8.18. The van der Waals surface area contributed by atoms with Crippen LogP contribution in [-0.2, 0) is 0 Å². The van der Waals surface area contributed by atoms with Crippen molar-refractivity contribution in [1.29, 1.82) is 0 Å². The number of phenols is 2. The SMILES string of the molecule is O=C(NCCCCCCI)c1cc(O)ccc1O. The number of nitrogens with one attached hydrogen (secondary N) is 1. The van der Waals surface area contributed by atoms with Crippen molar-refractivity contribution in [2.45, 2.75) is 25.7 Å². The van der Waals surface area contributed by atoms with Crippen LogP contribution in [0, 0.1) is 0 Å². The lowest BCUT2D eigenvalue weighted by Crippen LogP contribution is -2.24. The van der Waals surface area contributed by atoms with Gasteiger partial charge in [0.05, 0.1) is 5.56 Å². The van der Waals surface area contributed by atoms with Crippen LogP contribution in [0.2, 0.25) is 0 Å². The number of amides is 1. The van der Waals surface area contributed by atoms with E-state index in [4.69, 9.17) is 0 Å². The molecule has 0 fully saturated rings. The van der Waals surface area contributed by atoms with Crippen LogP contribution >= 0.6 is 22.6 Å². The van der Waals surface area contributed by atoms with Gasteiger partial charge in [-0.3, -0.25) is 4.79 Å². The van der Waals surface area contributed by atoms with Gasteiger partial charge >= 0.3 is 0 Å². The Balaban J connectivity index is 2.34. The Labute approximate surface area is 121 Å². The van der Waals surface area contributed by atoms with Crippen LogP contribution in [0.1, 0.15) is 36.0 Å². The molecular formula is C13H18INO3. The quantitative estimate of drug-likeness (QED) is 0.302. The molecule has 4 nitrogen and oxygen atoms in total. The van der Waals surface area contributed by atoms with Gasteiger partial charge in [-0.1, -0.05) is 35.4 Å². The minimum atomic E-state index is -0.350. The van der Waals surface area contributed by atoms with Crippen molar-refractivity contribution in [2.24, 2.45) is 0 Å². The lowest BCUT2D eigenvalue weighted by molar-refractivity contribution is 0.0950. The van der Waals surface area contributed by atoms with E-state index in [9.17, 15) is 15.0 Å². The van der Waals surface area contributed by atoms with Gasteiger partial charge < -0.3 is 15.5 Å². The van der Waals surface area contributed by atoms with E-state index in [2.05, 4.69) is 27.9 Å². The lowest BCUT2D eigenvalue weighted by Gasteiger charge is -2.07. The first-order valence-electron chi connectivity index (χ1n) is 6.01. The molecule has 1 amide bonds. The van der Waals surface area contributed by atoms with Gasteiger partial charge in [-0.25, -0.2) is 0 Å². The molecule has 0 aliphatic heterocycles. The molecule has 0 spiro atoms. The summed E-state index contributed by atoms with van der Waals surface area (Å²) in [6.45, 7) is 0.592. The summed E-state index contributed by atoms with van der Waals surface area (Å²) in [5.41, 5.74) is 0.113. The number of hydrogen-bond donors (Lipinski definition) is 3. The molecule has 18 heavy (non-hydrogen) atoms. The van der Waals surface area contributed by atoms with E-state index in [0.29, 0.717) is 6.54 Å². The fraction of sp³-hybridized carbons (Fsp3) is 0.462. The molecule has 0 aromatic heterocycles. The first-order valence-corrected chi connectivity index (χ1v) is 7.54. The molecule has 1 rings (SSSR count). The maximum absolute atomic E-state index is 11.7. The van der Waals surface area contributed by atoms with Gasteiger partial charge in [0.1, 0.15) is 11.5 Å². The molecule has 0 aliphatic rings. The summed E-state index contributed by atoms with van der Waals surface area (Å²) >= 11 is 2.35. The minimum Gasteiger partial charge on any atom is -0.508 e. The molecule has 1 aromatic carbocycles. The number of unbranched alkanes of at least 4 members (excludes halogenated alkanes) is 3. The van der Waals surface area contributed by atoms with Crippen LogP contribution in [0.15, 0.2) is 18.2 Å². The number of halogens is 1. The average molecular weight is 363 g/mol.